The average Bonchev–Trinajstić information content (AvgIpc) is 3.22. The molecule has 0 N–H and O–H groups in total. The number of benzene rings is 2. The van der Waals surface area contributed by atoms with E-state index in [1.807, 2.05) is 12.6 Å². The Morgan fingerprint density at radius 2 is 1.88 bits per heavy atom. The molecule has 0 unspecified atom stereocenters. The number of rotatable bonds is 0. The Bertz CT molecular complexity index is 1410. The van der Waals surface area contributed by atoms with Gasteiger partial charge < -0.3 is 8.82 Å². The van der Waals surface area contributed by atoms with Crippen LogP contribution in [-0.4, -0.2) is 9.38 Å². The monoisotopic (exact) mass is 312 g/mol. The molecule has 2 aromatic carbocycles. The second kappa shape index (κ2) is 3.85. The molecule has 114 valence electrons. The minimum Gasteiger partial charge on any atom is -0.425 e. The second-order valence-corrected chi connectivity index (χ2v) is 6.50. The number of pyridine rings is 1. The summed E-state index contributed by atoms with van der Waals surface area (Å²) < 4.78 is 10.1. The Morgan fingerprint density at radius 1 is 1.04 bits per heavy atom. The van der Waals surface area contributed by atoms with E-state index in [0.717, 1.165) is 10.9 Å². The number of furan rings is 1. The molecular weight excluding hydrogens is 298 g/mol. The molecule has 0 atom stereocenters. The lowest BCUT2D eigenvalue weighted by molar-refractivity contribution is -0.647. The highest BCUT2D eigenvalue weighted by molar-refractivity contribution is 6.25. The van der Waals surface area contributed by atoms with Crippen molar-refractivity contribution in [2.45, 2.75) is 6.92 Å². The largest absolute Gasteiger partial charge is 0.425 e. The Labute approximate surface area is 136 Å². The fourth-order valence-corrected chi connectivity index (χ4v) is 4.26. The third-order valence-electron chi connectivity index (χ3n) is 5.31. The lowest BCUT2D eigenvalue weighted by atomic mass is 9.96. The van der Waals surface area contributed by atoms with Gasteiger partial charge in [0.25, 0.3) is 6.33 Å². The van der Waals surface area contributed by atoms with Crippen molar-refractivity contribution in [2.75, 3.05) is 0 Å². The third kappa shape index (κ3) is 1.20. The fraction of sp³-hybridized carbons (Fsp3) is 0.100. The van der Waals surface area contributed by atoms with E-state index in [1.54, 1.807) is 0 Å². The van der Waals surface area contributed by atoms with E-state index in [9.17, 15) is 0 Å². The van der Waals surface area contributed by atoms with Crippen molar-refractivity contribution < 1.29 is 8.98 Å². The maximum atomic E-state index is 5.74. The summed E-state index contributed by atoms with van der Waals surface area (Å²) in [5.41, 5.74) is 5.50. The molecule has 0 aliphatic heterocycles. The standard InChI is InChI=1S/C20H14N3O/c1-11-12-5-3-4-6-13(12)14-7-8-23-15-9-24-20-17(15)19(16(11)18(14)23)22(2)10-21-20/h3-10H,1-2H3/q+1. The van der Waals surface area contributed by atoms with E-state index in [0.29, 0.717) is 5.71 Å². The molecule has 0 aliphatic carbocycles. The predicted octanol–water partition coefficient (Wildman–Crippen LogP) is 4.11. The Morgan fingerprint density at radius 3 is 2.75 bits per heavy atom. The summed E-state index contributed by atoms with van der Waals surface area (Å²) >= 11 is 0. The van der Waals surface area contributed by atoms with E-state index in [-0.39, 0.29) is 0 Å². The van der Waals surface area contributed by atoms with Crippen molar-refractivity contribution in [1.82, 2.24) is 9.38 Å². The molecule has 0 aliphatic rings. The van der Waals surface area contributed by atoms with Gasteiger partial charge in [0.2, 0.25) is 0 Å². The maximum Gasteiger partial charge on any atom is 0.346 e. The first-order valence-electron chi connectivity index (χ1n) is 8.04. The molecule has 4 nitrogen and oxygen atoms in total. The van der Waals surface area contributed by atoms with Gasteiger partial charge in [0.15, 0.2) is 5.52 Å². The molecule has 0 amide bonds. The third-order valence-corrected chi connectivity index (χ3v) is 5.31. The van der Waals surface area contributed by atoms with Gasteiger partial charge in [-0.1, -0.05) is 24.3 Å². The summed E-state index contributed by atoms with van der Waals surface area (Å²) in [4.78, 5) is 4.44. The van der Waals surface area contributed by atoms with Crippen LogP contribution in [0.25, 0.3) is 49.2 Å². The molecule has 4 heterocycles. The van der Waals surface area contributed by atoms with Crippen LogP contribution in [0.1, 0.15) is 5.56 Å². The summed E-state index contributed by atoms with van der Waals surface area (Å²) in [6, 6.07) is 10.8. The lowest BCUT2D eigenvalue weighted by Gasteiger charge is -2.12. The van der Waals surface area contributed by atoms with Crippen molar-refractivity contribution in [3.05, 3.63) is 54.7 Å². The Balaban J connectivity index is 2.14. The molecule has 0 spiro atoms. The molecular formula is C20H14N3O+. The smallest absolute Gasteiger partial charge is 0.346 e. The highest BCUT2D eigenvalue weighted by Crippen LogP contribution is 2.40. The second-order valence-electron chi connectivity index (χ2n) is 6.50. The predicted molar refractivity (Wildman–Crippen MR) is 94.6 cm³/mol. The van der Waals surface area contributed by atoms with Gasteiger partial charge in [-0.2, -0.15) is 0 Å². The normalized spacial score (nSPS) is 12.6. The van der Waals surface area contributed by atoms with E-state index in [2.05, 4.69) is 64.5 Å². The molecule has 4 aromatic heterocycles. The first-order valence-corrected chi connectivity index (χ1v) is 8.04. The summed E-state index contributed by atoms with van der Waals surface area (Å²) in [7, 11) is 2.05. The number of aryl methyl sites for hydroxylation is 2. The van der Waals surface area contributed by atoms with Gasteiger partial charge in [0.05, 0.1) is 18.0 Å². The average molecular weight is 312 g/mol. The van der Waals surface area contributed by atoms with Crippen LogP contribution in [0, 0.1) is 6.92 Å². The number of fused-ring (bicyclic) bond motifs is 4. The van der Waals surface area contributed by atoms with Crippen molar-refractivity contribution in [1.29, 1.82) is 0 Å². The Kier molecular flexibility index (Phi) is 1.97. The molecule has 0 saturated carbocycles. The van der Waals surface area contributed by atoms with Crippen molar-refractivity contribution >= 4 is 49.2 Å². The highest BCUT2D eigenvalue weighted by Gasteiger charge is 2.24. The highest BCUT2D eigenvalue weighted by atomic mass is 16.3. The van der Waals surface area contributed by atoms with Crippen LogP contribution in [0.4, 0.5) is 0 Å². The minimum atomic E-state index is 0.693. The zero-order valence-electron chi connectivity index (χ0n) is 13.4. The number of hydrogen-bond acceptors (Lipinski definition) is 2. The van der Waals surface area contributed by atoms with E-state index < -0.39 is 0 Å². The topological polar surface area (TPSA) is 34.3 Å². The van der Waals surface area contributed by atoms with Gasteiger partial charge in [0.1, 0.15) is 17.2 Å². The SMILES string of the molecule is Cc1c2ccccc2c2ccn3c4coc5nc[n+](C)c(c1c23)c54. The van der Waals surface area contributed by atoms with E-state index in [4.69, 9.17) is 4.42 Å². The zero-order valence-corrected chi connectivity index (χ0v) is 13.4. The fourth-order valence-electron chi connectivity index (χ4n) is 4.26. The molecule has 0 fully saturated rings. The van der Waals surface area contributed by atoms with Crippen molar-refractivity contribution in [3.8, 4) is 0 Å². The molecule has 0 bridgehead atoms. The zero-order chi connectivity index (χ0) is 16.0. The Hall–Kier alpha value is -3.14. The molecule has 6 rings (SSSR count). The molecule has 24 heavy (non-hydrogen) atoms. The summed E-state index contributed by atoms with van der Waals surface area (Å²) in [6.07, 6.45) is 5.79. The molecule has 0 radical (unpaired) electrons. The minimum absolute atomic E-state index is 0.693. The van der Waals surface area contributed by atoms with Crippen LogP contribution < -0.4 is 4.57 Å². The van der Waals surface area contributed by atoms with Crippen LogP contribution in [0.2, 0.25) is 0 Å². The van der Waals surface area contributed by atoms with E-state index >= 15 is 0 Å². The quantitative estimate of drug-likeness (QED) is 0.240. The first kappa shape index (κ1) is 12.3. The maximum absolute atomic E-state index is 5.74. The number of hydrogen-bond donors (Lipinski definition) is 0. The van der Waals surface area contributed by atoms with Crippen LogP contribution in [0.5, 0.6) is 0 Å². The summed E-state index contributed by atoms with van der Waals surface area (Å²) in [5.74, 6) is 0. The van der Waals surface area contributed by atoms with Crippen LogP contribution >= 0.6 is 0 Å². The van der Waals surface area contributed by atoms with Crippen molar-refractivity contribution in [3.63, 3.8) is 0 Å². The summed E-state index contributed by atoms with van der Waals surface area (Å²) in [6.45, 7) is 2.21. The van der Waals surface area contributed by atoms with Gasteiger partial charge in [-0.25, -0.2) is 4.57 Å². The lowest BCUT2D eigenvalue weighted by Crippen LogP contribution is -2.29. The number of nitrogens with zero attached hydrogens (tertiary/aromatic N) is 3. The van der Waals surface area contributed by atoms with Gasteiger partial charge in [0, 0.05) is 11.6 Å². The van der Waals surface area contributed by atoms with E-state index in [1.165, 1.54) is 38.1 Å². The van der Waals surface area contributed by atoms with Crippen molar-refractivity contribution in [2.24, 2.45) is 7.05 Å². The molecule has 0 saturated heterocycles. The van der Waals surface area contributed by atoms with Gasteiger partial charge in [-0.15, -0.1) is 0 Å². The van der Waals surface area contributed by atoms with Crippen LogP contribution in [0.15, 0.2) is 53.5 Å². The first-order chi connectivity index (χ1) is 11.8. The van der Waals surface area contributed by atoms with Gasteiger partial charge >= 0.3 is 5.71 Å². The number of aromatic nitrogens is 3. The van der Waals surface area contributed by atoms with Gasteiger partial charge in [-0.05, 0) is 34.3 Å². The van der Waals surface area contributed by atoms with Crippen LogP contribution in [-0.2, 0) is 7.05 Å². The summed E-state index contributed by atoms with van der Waals surface area (Å²) in [5, 5.41) is 6.24. The van der Waals surface area contributed by atoms with Crippen LogP contribution in [0.3, 0.4) is 0 Å². The van der Waals surface area contributed by atoms with Gasteiger partial charge in [-0.3, -0.25) is 0 Å². The molecule has 4 heteroatoms. The molecule has 6 aromatic rings.